The third kappa shape index (κ3) is 4.14. The van der Waals surface area contributed by atoms with Gasteiger partial charge >= 0.3 is 6.09 Å². The molecule has 1 spiro atoms. The fourth-order valence-electron chi connectivity index (χ4n) is 5.57. The summed E-state index contributed by atoms with van der Waals surface area (Å²) >= 11 is 1.86. The van der Waals surface area contributed by atoms with E-state index in [-0.39, 0.29) is 24.2 Å². The number of thioether (sulfide) groups is 1. The molecule has 2 atom stereocenters. The van der Waals surface area contributed by atoms with Gasteiger partial charge in [-0.3, -0.25) is 0 Å². The van der Waals surface area contributed by atoms with Gasteiger partial charge in [-0.25, -0.2) is 9.78 Å². The van der Waals surface area contributed by atoms with Gasteiger partial charge in [0, 0.05) is 50.9 Å². The van der Waals surface area contributed by atoms with Crippen molar-refractivity contribution in [2.45, 2.75) is 69.4 Å². The number of amides is 1. The van der Waals surface area contributed by atoms with Gasteiger partial charge in [-0.05, 0) is 45.4 Å². The lowest BCUT2D eigenvalue weighted by molar-refractivity contribution is 0.0508. The first-order valence-electron chi connectivity index (χ1n) is 11.9. The number of aryl methyl sites for hydroxylation is 1. The lowest BCUT2D eigenvalue weighted by Gasteiger charge is -2.42. The number of aliphatic hydroxyl groups is 1. The molecule has 0 radical (unpaired) electrons. The monoisotopic (exact) mass is 461 g/mol. The Hall–Kier alpha value is -1.74. The van der Waals surface area contributed by atoms with Crippen molar-refractivity contribution < 1.29 is 14.6 Å². The first kappa shape index (κ1) is 22.1. The number of hydrogen-bond acceptors (Lipinski definition) is 8. The van der Waals surface area contributed by atoms with Crippen LogP contribution in [0.1, 0.15) is 52.1 Å². The highest BCUT2D eigenvalue weighted by molar-refractivity contribution is 7.99. The normalized spacial score (nSPS) is 26.4. The van der Waals surface area contributed by atoms with Gasteiger partial charge in [0.05, 0.1) is 16.6 Å². The van der Waals surface area contributed by atoms with E-state index in [4.69, 9.17) is 14.7 Å². The summed E-state index contributed by atoms with van der Waals surface area (Å²) in [6, 6.07) is 0.0309. The maximum atomic E-state index is 12.2. The van der Waals surface area contributed by atoms with Crippen LogP contribution in [0.15, 0.2) is 4.90 Å². The fraction of sp³-hybridized carbons (Fsp3) is 0.783. The zero-order chi connectivity index (χ0) is 22.5. The molecule has 0 bridgehead atoms. The van der Waals surface area contributed by atoms with Crippen LogP contribution in [0.5, 0.6) is 0 Å². The van der Waals surface area contributed by atoms with Crippen molar-refractivity contribution in [2.75, 3.05) is 48.3 Å². The minimum atomic E-state index is -0.502. The molecule has 176 valence electrons. The number of carbonyl (C=O) groups excluding carboxylic acids is 1. The van der Waals surface area contributed by atoms with E-state index in [1.807, 2.05) is 32.5 Å². The summed E-state index contributed by atoms with van der Waals surface area (Å²) < 4.78 is 5.41. The second-order valence-electron chi connectivity index (χ2n) is 10.8. The van der Waals surface area contributed by atoms with Crippen LogP contribution in [0, 0.1) is 11.3 Å². The molecule has 8 nitrogen and oxygen atoms in total. The second kappa shape index (κ2) is 8.24. The van der Waals surface area contributed by atoms with E-state index in [0.29, 0.717) is 12.5 Å². The molecule has 2 saturated heterocycles. The summed E-state index contributed by atoms with van der Waals surface area (Å²) in [6.07, 6.45) is 5.15. The molecular weight excluding hydrogens is 426 g/mol. The third-order valence-corrected chi connectivity index (χ3v) is 8.48. The molecule has 4 aliphatic rings. The standard InChI is InChI=1S/C23H35N5O3S/c1-22(2,3)31-21(30)24-16-5-9-27(12-16)20-25-17-6-10-32-18(17)19(26-20)28-11-15(13-29)23(14-28)7-4-8-23/h15-16,29H,4-14H2,1-3H3,(H,24,30)/t15?,16-/m0/s1. The molecule has 4 heterocycles. The predicted molar refractivity (Wildman–Crippen MR) is 126 cm³/mol. The van der Waals surface area contributed by atoms with Crippen molar-refractivity contribution in [3.8, 4) is 0 Å². The number of aromatic nitrogens is 2. The number of nitrogens with one attached hydrogen (secondary N) is 1. The first-order chi connectivity index (χ1) is 15.3. The summed E-state index contributed by atoms with van der Waals surface area (Å²) in [6.45, 7) is 9.25. The molecule has 1 aromatic rings. The van der Waals surface area contributed by atoms with Crippen molar-refractivity contribution in [3.63, 3.8) is 0 Å². The van der Waals surface area contributed by atoms with Crippen LogP contribution in [0.25, 0.3) is 0 Å². The topological polar surface area (TPSA) is 90.8 Å². The number of anilines is 2. The van der Waals surface area contributed by atoms with E-state index < -0.39 is 5.60 Å². The Morgan fingerprint density at radius 2 is 2.09 bits per heavy atom. The Kier molecular flexibility index (Phi) is 5.68. The maximum absolute atomic E-state index is 12.2. The van der Waals surface area contributed by atoms with Gasteiger partial charge in [0.25, 0.3) is 0 Å². The number of ether oxygens (including phenoxy) is 1. The van der Waals surface area contributed by atoms with Crippen molar-refractivity contribution in [3.05, 3.63) is 5.69 Å². The lowest BCUT2D eigenvalue weighted by atomic mass is 9.63. The average molecular weight is 462 g/mol. The van der Waals surface area contributed by atoms with E-state index in [9.17, 15) is 9.90 Å². The van der Waals surface area contributed by atoms with Crippen molar-refractivity contribution >= 4 is 29.6 Å². The van der Waals surface area contributed by atoms with Crippen LogP contribution >= 0.6 is 11.8 Å². The van der Waals surface area contributed by atoms with Crippen molar-refractivity contribution in [1.82, 2.24) is 15.3 Å². The molecule has 2 N–H and O–H groups in total. The van der Waals surface area contributed by atoms with Gasteiger partial charge in [-0.2, -0.15) is 4.98 Å². The van der Waals surface area contributed by atoms with E-state index in [1.54, 1.807) is 0 Å². The number of hydrogen-bond donors (Lipinski definition) is 2. The second-order valence-corrected chi connectivity index (χ2v) is 11.9. The van der Waals surface area contributed by atoms with Crippen LogP contribution < -0.4 is 15.1 Å². The quantitative estimate of drug-likeness (QED) is 0.707. The van der Waals surface area contributed by atoms with Crippen LogP contribution in [-0.4, -0.2) is 71.3 Å². The van der Waals surface area contributed by atoms with Crippen LogP contribution in [-0.2, 0) is 11.2 Å². The summed E-state index contributed by atoms with van der Waals surface area (Å²) in [5.41, 5.74) is 0.915. The number of fused-ring (bicyclic) bond motifs is 1. The Bertz CT molecular complexity index is 885. The fourth-order valence-corrected chi connectivity index (χ4v) is 6.69. The zero-order valence-electron chi connectivity index (χ0n) is 19.4. The van der Waals surface area contributed by atoms with Gasteiger partial charge in [0.1, 0.15) is 11.4 Å². The van der Waals surface area contributed by atoms with Crippen LogP contribution in [0.4, 0.5) is 16.6 Å². The molecule has 5 rings (SSSR count). The lowest BCUT2D eigenvalue weighted by Crippen LogP contribution is -2.40. The third-order valence-electron chi connectivity index (χ3n) is 7.37. The van der Waals surface area contributed by atoms with E-state index in [1.165, 1.54) is 24.2 Å². The van der Waals surface area contributed by atoms with Gasteiger partial charge in [-0.15, -0.1) is 11.8 Å². The maximum Gasteiger partial charge on any atom is 0.407 e. The summed E-state index contributed by atoms with van der Waals surface area (Å²) in [5.74, 6) is 3.21. The van der Waals surface area contributed by atoms with Crippen LogP contribution in [0.3, 0.4) is 0 Å². The minimum absolute atomic E-state index is 0.0309. The molecule has 0 aromatic carbocycles. The molecular formula is C23H35N5O3S. The minimum Gasteiger partial charge on any atom is -0.444 e. The van der Waals surface area contributed by atoms with E-state index in [0.717, 1.165) is 55.7 Å². The molecule has 3 fully saturated rings. The predicted octanol–water partition coefficient (Wildman–Crippen LogP) is 2.83. The zero-order valence-corrected chi connectivity index (χ0v) is 20.2. The van der Waals surface area contributed by atoms with E-state index in [2.05, 4.69) is 15.1 Å². The number of alkyl carbamates (subject to hydrolysis) is 1. The average Bonchev–Trinajstić information content (AvgIpc) is 3.42. The molecule has 9 heteroatoms. The van der Waals surface area contributed by atoms with Crippen LogP contribution in [0.2, 0.25) is 0 Å². The van der Waals surface area contributed by atoms with Crippen molar-refractivity contribution in [1.29, 1.82) is 0 Å². The number of rotatable bonds is 4. The number of carbonyl (C=O) groups is 1. The highest BCUT2D eigenvalue weighted by Gasteiger charge is 2.51. The molecule has 1 unspecified atom stereocenters. The number of nitrogens with zero attached hydrogens (tertiary/aromatic N) is 4. The van der Waals surface area contributed by atoms with Gasteiger partial charge in [0.15, 0.2) is 0 Å². The Morgan fingerprint density at radius 3 is 2.75 bits per heavy atom. The Labute approximate surface area is 194 Å². The van der Waals surface area contributed by atoms with Gasteiger partial charge in [0.2, 0.25) is 5.95 Å². The van der Waals surface area contributed by atoms with Gasteiger partial charge in [-0.1, -0.05) is 6.42 Å². The SMILES string of the molecule is CC(C)(C)OC(=O)N[C@H]1CCN(c2nc3c(c(N4CC(CO)C5(CCC5)C4)n2)SCC3)C1. The largest absolute Gasteiger partial charge is 0.444 e. The molecule has 1 aromatic heterocycles. The molecule has 1 amide bonds. The van der Waals surface area contributed by atoms with Gasteiger partial charge < -0.3 is 25.0 Å². The first-order valence-corrected chi connectivity index (χ1v) is 12.9. The molecule has 32 heavy (non-hydrogen) atoms. The Morgan fingerprint density at radius 1 is 1.28 bits per heavy atom. The summed E-state index contributed by atoms with van der Waals surface area (Å²) in [5, 5.41) is 13.0. The smallest absolute Gasteiger partial charge is 0.407 e. The summed E-state index contributed by atoms with van der Waals surface area (Å²) in [4.78, 5) is 28.0. The number of aliphatic hydroxyl groups excluding tert-OH is 1. The molecule has 1 aliphatic carbocycles. The molecule has 3 aliphatic heterocycles. The van der Waals surface area contributed by atoms with Crippen molar-refractivity contribution in [2.24, 2.45) is 11.3 Å². The van der Waals surface area contributed by atoms with E-state index >= 15 is 0 Å². The summed E-state index contributed by atoms with van der Waals surface area (Å²) in [7, 11) is 0. The highest BCUT2D eigenvalue weighted by Crippen LogP contribution is 2.53. The molecule has 1 saturated carbocycles. The highest BCUT2D eigenvalue weighted by atomic mass is 32.2. The Balaban J connectivity index is 1.33.